The van der Waals surface area contributed by atoms with E-state index in [2.05, 4.69) is 24.1 Å². The third kappa shape index (κ3) is 4.73. The van der Waals surface area contributed by atoms with Crippen molar-refractivity contribution in [2.45, 2.75) is 70.9 Å². The predicted octanol–water partition coefficient (Wildman–Crippen LogP) is 2.39. The molecule has 0 radical (unpaired) electrons. The second-order valence-corrected chi connectivity index (χ2v) is 6.95. The number of aliphatic hydroxyl groups excluding tert-OH is 1. The number of hydrogen-bond donors (Lipinski definition) is 2. The first-order valence-electron chi connectivity index (χ1n) is 8.25. The molecular weight excluding hydrogens is 236 g/mol. The number of hydrogen-bond acceptors (Lipinski definition) is 3. The maximum absolute atomic E-state index is 9.02. The quantitative estimate of drug-likeness (QED) is 0.674. The molecule has 2 unspecified atom stereocenters. The van der Waals surface area contributed by atoms with Gasteiger partial charge in [-0.25, -0.2) is 0 Å². The Labute approximate surface area is 118 Å². The molecule has 0 aromatic rings. The van der Waals surface area contributed by atoms with Gasteiger partial charge in [0, 0.05) is 31.8 Å². The van der Waals surface area contributed by atoms with Crippen molar-refractivity contribution in [2.24, 2.45) is 5.41 Å². The van der Waals surface area contributed by atoms with E-state index in [0.717, 1.165) is 25.0 Å². The second-order valence-electron chi connectivity index (χ2n) is 6.95. The van der Waals surface area contributed by atoms with Crippen molar-refractivity contribution in [1.29, 1.82) is 0 Å². The molecule has 0 bridgehead atoms. The van der Waals surface area contributed by atoms with Gasteiger partial charge in [0.2, 0.25) is 0 Å². The van der Waals surface area contributed by atoms with Gasteiger partial charge in [0.05, 0.1) is 0 Å². The van der Waals surface area contributed by atoms with Crippen molar-refractivity contribution >= 4 is 0 Å². The minimum Gasteiger partial charge on any atom is -0.396 e. The standard InChI is InChI=1S/C16H32N2O/c1-3-16(2,12-17-14-8-9-14)13-18-10-4-6-15(18)7-5-11-19/h14-15,17,19H,3-13H2,1-2H3. The van der Waals surface area contributed by atoms with Gasteiger partial charge in [-0.2, -0.15) is 0 Å². The average molecular weight is 268 g/mol. The van der Waals surface area contributed by atoms with Crippen molar-refractivity contribution in [3.8, 4) is 0 Å². The Kier molecular flexibility index (Phi) is 5.67. The van der Waals surface area contributed by atoms with Crippen LogP contribution in [0.2, 0.25) is 0 Å². The first kappa shape index (κ1) is 15.3. The lowest BCUT2D eigenvalue weighted by Gasteiger charge is -2.36. The zero-order valence-corrected chi connectivity index (χ0v) is 12.8. The zero-order chi connectivity index (χ0) is 13.7. The Bertz CT molecular complexity index is 267. The van der Waals surface area contributed by atoms with Crippen LogP contribution in [-0.4, -0.2) is 48.3 Å². The molecule has 112 valence electrons. The van der Waals surface area contributed by atoms with E-state index in [9.17, 15) is 0 Å². The minimum atomic E-state index is 0.346. The van der Waals surface area contributed by atoms with Gasteiger partial charge < -0.3 is 10.4 Å². The minimum absolute atomic E-state index is 0.346. The van der Waals surface area contributed by atoms with Crippen LogP contribution in [0.15, 0.2) is 0 Å². The lowest BCUT2D eigenvalue weighted by Crippen LogP contribution is -2.44. The van der Waals surface area contributed by atoms with Crippen molar-refractivity contribution < 1.29 is 5.11 Å². The fraction of sp³-hybridized carbons (Fsp3) is 1.00. The number of nitrogens with zero attached hydrogens (tertiary/aromatic N) is 1. The molecule has 1 aliphatic carbocycles. The van der Waals surface area contributed by atoms with Gasteiger partial charge in [-0.1, -0.05) is 13.8 Å². The summed E-state index contributed by atoms with van der Waals surface area (Å²) in [5.41, 5.74) is 0.407. The summed E-state index contributed by atoms with van der Waals surface area (Å²) in [6.45, 7) is 8.75. The topological polar surface area (TPSA) is 35.5 Å². The van der Waals surface area contributed by atoms with Crippen LogP contribution in [0.3, 0.4) is 0 Å². The molecule has 1 saturated carbocycles. The number of nitrogens with one attached hydrogen (secondary N) is 1. The predicted molar refractivity (Wildman–Crippen MR) is 80.3 cm³/mol. The van der Waals surface area contributed by atoms with E-state index in [0.29, 0.717) is 12.0 Å². The molecule has 2 atom stereocenters. The van der Waals surface area contributed by atoms with Crippen molar-refractivity contribution in [1.82, 2.24) is 10.2 Å². The SMILES string of the molecule is CCC(C)(CNC1CC1)CN1CCCC1CCCO. The van der Waals surface area contributed by atoms with Gasteiger partial charge in [0.15, 0.2) is 0 Å². The van der Waals surface area contributed by atoms with Gasteiger partial charge in [0.25, 0.3) is 0 Å². The molecule has 2 fully saturated rings. The number of rotatable bonds is 9. The maximum Gasteiger partial charge on any atom is 0.0431 e. The summed E-state index contributed by atoms with van der Waals surface area (Å²) in [5, 5.41) is 12.7. The van der Waals surface area contributed by atoms with E-state index >= 15 is 0 Å². The summed E-state index contributed by atoms with van der Waals surface area (Å²) in [6.07, 6.45) is 8.81. The lowest BCUT2D eigenvalue weighted by molar-refractivity contribution is 0.134. The van der Waals surface area contributed by atoms with Gasteiger partial charge in [-0.15, -0.1) is 0 Å². The summed E-state index contributed by atoms with van der Waals surface area (Å²) < 4.78 is 0. The average Bonchev–Trinajstić information content (AvgIpc) is 3.15. The van der Waals surface area contributed by atoms with E-state index in [4.69, 9.17) is 5.11 Å². The number of likely N-dealkylation sites (tertiary alicyclic amines) is 1. The molecule has 1 aliphatic heterocycles. The Morgan fingerprint density at radius 3 is 2.74 bits per heavy atom. The van der Waals surface area contributed by atoms with Crippen LogP contribution in [0.1, 0.15) is 58.8 Å². The largest absolute Gasteiger partial charge is 0.396 e. The van der Waals surface area contributed by atoms with Crippen molar-refractivity contribution in [3.63, 3.8) is 0 Å². The molecule has 3 nitrogen and oxygen atoms in total. The molecule has 3 heteroatoms. The summed E-state index contributed by atoms with van der Waals surface area (Å²) in [5.74, 6) is 0. The highest BCUT2D eigenvalue weighted by atomic mass is 16.2. The molecule has 1 heterocycles. The van der Waals surface area contributed by atoms with Crippen LogP contribution in [0.4, 0.5) is 0 Å². The first-order chi connectivity index (χ1) is 9.17. The van der Waals surface area contributed by atoms with Crippen LogP contribution in [0, 0.1) is 5.41 Å². The fourth-order valence-corrected chi connectivity index (χ4v) is 3.22. The van der Waals surface area contributed by atoms with Crippen LogP contribution >= 0.6 is 0 Å². The third-order valence-corrected chi connectivity index (χ3v) is 5.03. The van der Waals surface area contributed by atoms with Crippen molar-refractivity contribution in [3.05, 3.63) is 0 Å². The van der Waals surface area contributed by atoms with E-state index < -0.39 is 0 Å². The molecule has 0 spiro atoms. The summed E-state index contributed by atoms with van der Waals surface area (Å²) in [4.78, 5) is 2.69. The summed E-state index contributed by atoms with van der Waals surface area (Å²) >= 11 is 0. The highest BCUT2D eigenvalue weighted by molar-refractivity contribution is 4.89. The van der Waals surface area contributed by atoms with E-state index in [1.807, 2.05) is 0 Å². The zero-order valence-electron chi connectivity index (χ0n) is 12.8. The smallest absolute Gasteiger partial charge is 0.0431 e. The van der Waals surface area contributed by atoms with Gasteiger partial charge in [0.1, 0.15) is 0 Å². The molecule has 19 heavy (non-hydrogen) atoms. The second kappa shape index (κ2) is 7.05. The molecule has 2 aliphatic rings. The van der Waals surface area contributed by atoms with Gasteiger partial charge in [-0.05, 0) is 56.9 Å². The third-order valence-electron chi connectivity index (χ3n) is 5.03. The first-order valence-corrected chi connectivity index (χ1v) is 8.25. The Morgan fingerprint density at radius 2 is 2.11 bits per heavy atom. The lowest BCUT2D eigenvalue weighted by atomic mass is 9.86. The monoisotopic (exact) mass is 268 g/mol. The molecule has 1 saturated heterocycles. The Balaban J connectivity index is 1.80. The van der Waals surface area contributed by atoms with E-state index in [1.165, 1.54) is 51.6 Å². The Morgan fingerprint density at radius 1 is 1.32 bits per heavy atom. The van der Waals surface area contributed by atoms with Gasteiger partial charge in [-0.3, -0.25) is 4.90 Å². The van der Waals surface area contributed by atoms with E-state index in [-0.39, 0.29) is 0 Å². The molecule has 0 aromatic heterocycles. The van der Waals surface area contributed by atoms with Gasteiger partial charge >= 0.3 is 0 Å². The van der Waals surface area contributed by atoms with Crippen LogP contribution < -0.4 is 5.32 Å². The van der Waals surface area contributed by atoms with Crippen LogP contribution in [0.5, 0.6) is 0 Å². The molecule has 2 rings (SSSR count). The molecular formula is C16H32N2O. The highest BCUT2D eigenvalue weighted by Gasteiger charge is 2.33. The van der Waals surface area contributed by atoms with E-state index in [1.54, 1.807) is 0 Å². The Hall–Kier alpha value is -0.120. The normalized spacial score (nSPS) is 27.6. The highest BCUT2D eigenvalue weighted by Crippen LogP contribution is 2.30. The van der Waals surface area contributed by atoms with Crippen LogP contribution in [0.25, 0.3) is 0 Å². The van der Waals surface area contributed by atoms with Crippen LogP contribution in [-0.2, 0) is 0 Å². The maximum atomic E-state index is 9.02. The fourth-order valence-electron chi connectivity index (χ4n) is 3.22. The van der Waals surface area contributed by atoms with Crippen molar-refractivity contribution in [2.75, 3.05) is 26.2 Å². The molecule has 0 amide bonds. The summed E-state index contributed by atoms with van der Waals surface area (Å²) in [7, 11) is 0. The molecule has 2 N–H and O–H groups in total. The summed E-state index contributed by atoms with van der Waals surface area (Å²) in [6, 6.07) is 1.54. The number of aliphatic hydroxyl groups is 1. The molecule has 0 aromatic carbocycles.